The molecule has 0 atom stereocenters. The van der Waals surface area contributed by atoms with E-state index in [1.165, 1.54) is 0 Å². The molecule has 1 aliphatic rings. The van der Waals surface area contributed by atoms with Gasteiger partial charge in [-0.15, -0.1) is 0 Å². The third-order valence-electron chi connectivity index (χ3n) is 3.47. The van der Waals surface area contributed by atoms with Gasteiger partial charge in [0.1, 0.15) is 5.75 Å². The first-order valence-electron chi connectivity index (χ1n) is 6.11. The molecule has 1 aromatic carbocycles. The number of aromatic nitrogens is 1. The molecule has 0 unspecified atom stereocenters. The van der Waals surface area contributed by atoms with Gasteiger partial charge >= 0.3 is 0 Å². The minimum atomic E-state index is 0.343. The van der Waals surface area contributed by atoms with Crippen molar-refractivity contribution in [3.63, 3.8) is 0 Å². The highest BCUT2D eigenvalue weighted by molar-refractivity contribution is 5.85. The van der Waals surface area contributed by atoms with Crippen LogP contribution in [0.4, 0.5) is 0 Å². The van der Waals surface area contributed by atoms with Crippen molar-refractivity contribution in [2.45, 2.75) is 19.4 Å². The van der Waals surface area contributed by atoms with Crippen LogP contribution in [0.2, 0.25) is 0 Å². The molecule has 17 heavy (non-hydrogen) atoms. The number of ether oxygens (including phenoxy) is 1. The van der Waals surface area contributed by atoms with E-state index in [2.05, 4.69) is 10.6 Å². The molecule has 0 bridgehead atoms. The first kappa shape index (κ1) is 10.7. The van der Waals surface area contributed by atoms with Crippen LogP contribution in [0.5, 0.6) is 5.75 Å². The molecule has 3 nitrogen and oxygen atoms in total. The van der Waals surface area contributed by atoms with Crippen LogP contribution in [0, 0.1) is 12.0 Å². The third-order valence-corrected chi connectivity index (χ3v) is 3.47. The number of nitrogens with zero attached hydrogens (tertiary/aromatic N) is 1. The number of aromatic hydroxyl groups is 1. The van der Waals surface area contributed by atoms with E-state index in [0.717, 1.165) is 43.5 Å². The lowest BCUT2D eigenvalue weighted by atomic mass is 10.0. The fraction of sp³-hybridized carbons (Fsp3) is 0.429. The number of phenols is 1. The second-order valence-electron chi connectivity index (χ2n) is 4.65. The summed E-state index contributed by atoms with van der Waals surface area (Å²) >= 11 is 0. The molecule has 3 heteroatoms. The Morgan fingerprint density at radius 2 is 2.18 bits per heavy atom. The Labute approximate surface area is 101 Å². The van der Waals surface area contributed by atoms with E-state index in [0.29, 0.717) is 11.7 Å². The first-order valence-corrected chi connectivity index (χ1v) is 6.11. The Morgan fingerprint density at radius 1 is 1.35 bits per heavy atom. The number of rotatable bonds is 2. The fourth-order valence-electron chi connectivity index (χ4n) is 2.51. The summed E-state index contributed by atoms with van der Waals surface area (Å²) in [4.78, 5) is 0. The summed E-state index contributed by atoms with van der Waals surface area (Å²) in [7, 11) is 0. The zero-order valence-corrected chi connectivity index (χ0v) is 9.72. The van der Waals surface area contributed by atoms with Gasteiger partial charge in [0.2, 0.25) is 0 Å². The van der Waals surface area contributed by atoms with E-state index in [1.54, 1.807) is 6.07 Å². The Balaban J connectivity index is 1.89. The molecule has 0 amide bonds. The average molecular weight is 230 g/mol. The molecule has 0 saturated carbocycles. The minimum absolute atomic E-state index is 0.343. The van der Waals surface area contributed by atoms with Crippen LogP contribution in [-0.2, 0) is 11.3 Å². The van der Waals surface area contributed by atoms with E-state index in [4.69, 9.17) is 4.74 Å². The van der Waals surface area contributed by atoms with Crippen LogP contribution >= 0.6 is 0 Å². The molecular weight excluding hydrogens is 214 g/mol. The van der Waals surface area contributed by atoms with Gasteiger partial charge in [-0.1, -0.05) is 12.1 Å². The molecular formula is C14H16NO2. The molecule has 2 heterocycles. The highest BCUT2D eigenvalue weighted by Gasteiger charge is 2.16. The highest BCUT2D eigenvalue weighted by Crippen LogP contribution is 2.27. The molecule has 1 fully saturated rings. The molecule has 0 spiro atoms. The summed E-state index contributed by atoms with van der Waals surface area (Å²) in [5.41, 5.74) is 0.902. The van der Waals surface area contributed by atoms with Crippen LogP contribution in [-0.4, -0.2) is 22.9 Å². The molecule has 89 valence electrons. The van der Waals surface area contributed by atoms with Gasteiger partial charge in [0, 0.05) is 37.4 Å². The molecule has 1 aromatic heterocycles. The van der Waals surface area contributed by atoms with Crippen molar-refractivity contribution in [2.75, 3.05) is 13.2 Å². The van der Waals surface area contributed by atoms with Crippen molar-refractivity contribution in [3.8, 4) is 5.75 Å². The number of fused-ring (bicyclic) bond motifs is 1. The minimum Gasteiger partial charge on any atom is -0.506 e. The Morgan fingerprint density at radius 3 is 3.00 bits per heavy atom. The number of hydrogen-bond donors (Lipinski definition) is 1. The Hall–Kier alpha value is -1.48. The smallest absolute Gasteiger partial charge is 0.139 e. The lowest BCUT2D eigenvalue weighted by Gasteiger charge is -2.22. The number of para-hydroxylation sites is 1. The Bertz CT molecular complexity index is 512. The van der Waals surface area contributed by atoms with E-state index in [1.807, 2.05) is 18.3 Å². The lowest BCUT2D eigenvalue weighted by Crippen LogP contribution is -2.20. The summed E-state index contributed by atoms with van der Waals surface area (Å²) in [6.45, 7) is 2.67. The zero-order valence-electron chi connectivity index (χ0n) is 9.72. The van der Waals surface area contributed by atoms with Crippen molar-refractivity contribution >= 4 is 10.9 Å². The Kier molecular flexibility index (Phi) is 2.77. The van der Waals surface area contributed by atoms with Crippen LogP contribution < -0.4 is 0 Å². The number of benzene rings is 1. The van der Waals surface area contributed by atoms with E-state index in [9.17, 15) is 5.11 Å². The van der Waals surface area contributed by atoms with Crippen molar-refractivity contribution in [2.24, 2.45) is 5.92 Å². The highest BCUT2D eigenvalue weighted by atomic mass is 16.5. The topological polar surface area (TPSA) is 34.4 Å². The monoisotopic (exact) mass is 230 g/mol. The van der Waals surface area contributed by atoms with Crippen molar-refractivity contribution in [1.82, 2.24) is 4.57 Å². The van der Waals surface area contributed by atoms with E-state index in [-0.39, 0.29) is 0 Å². The van der Waals surface area contributed by atoms with Crippen LogP contribution in [0.3, 0.4) is 0 Å². The maximum Gasteiger partial charge on any atom is 0.139 e. The van der Waals surface area contributed by atoms with Crippen molar-refractivity contribution < 1.29 is 9.84 Å². The molecule has 3 rings (SSSR count). The average Bonchev–Trinajstić information content (AvgIpc) is 2.75. The van der Waals surface area contributed by atoms with Gasteiger partial charge in [0.25, 0.3) is 0 Å². The number of phenolic OH excluding ortho intramolecular Hbond substituents is 1. The van der Waals surface area contributed by atoms with E-state index < -0.39 is 0 Å². The summed E-state index contributed by atoms with van der Waals surface area (Å²) in [5, 5.41) is 10.9. The molecule has 2 aromatic rings. The van der Waals surface area contributed by atoms with Gasteiger partial charge in [-0.2, -0.15) is 0 Å². The zero-order chi connectivity index (χ0) is 11.7. The maximum absolute atomic E-state index is 9.90. The van der Waals surface area contributed by atoms with Gasteiger partial charge < -0.3 is 14.4 Å². The summed E-state index contributed by atoms with van der Waals surface area (Å²) in [6.07, 6.45) is 4.15. The maximum atomic E-state index is 9.90. The molecule has 1 saturated heterocycles. The standard InChI is InChI=1S/C14H16NO2/c16-13-3-1-2-12-4-7-15(14(12)13)10-11-5-8-17-9-6-11/h1-3,7,11,16H,5-6,8-10H2. The second kappa shape index (κ2) is 4.41. The molecule has 1 N–H and O–H groups in total. The van der Waals surface area contributed by atoms with Crippen molar-refractivity contribution in [3.05, 3.63) is 30.5 Å². The lowest BCUT2D eigenvalue weighted by molar-refractivity contribution is 0.0616. The molecule has 1 aliphatic heterocycles. The molecule has 1 radical (unpaired) electrons. The molecule has 0 aliphatic carbocycles. The summed E-state index contributed by atoms with van der Waals surface area (Å²) in [5.74, 6) is 0.989. The predicted molar refractivity (Wildman–Crippen MR) is 66.0 cm³/mol. The van der Waals surface area contributed by atoms with Gasteiger partial charge in [-0.05, 0) is 24.8 Å². The van der Waals surface area contributed by atoms with Crippen LogP contribution in [0.25, 0.3) is 10.9 Å². The quantitative estimate of drug-likeness (QED) is 0.860. The normalized spacial score (nSPS) is 17.6. The van der Waals surface area contributed by atoms with E-state index >= 15 is 0 Å². The summed E-state index contributed by atoms with van der Waals surface area (Å²) in [6, 6.07) is 8.76. The van der Waals surface area contributed by atoms with Crippen molar-refractivity contribution in [1.29, 1.82) is 0 Å². The predicted octanol–water partition coefficient (Wildman–Crippen LogP) is 2.57. The van der Waals surface area contributed by atoms with Gasteiger partial charge in [-0.25, -0.2) is 0 Å². The van der Waals surface area contributed by atoms with Crippen LogP contribution in [0.1, 0.15) is 12.8 Å². The largest absolute Gasteiger partial charge is 0.506 e. The van der Waals surface area contributed by atoms with Gasteiger partial charge in [0.15, 0.2) is 0 Å². The van der Waals surface area contributed by atoms with Gasteiger partial charge in [0.05, 0.1) is 5.52 Å². The number of hydrogen-bond acceptors (Lipinski definition) is 2. The van der Waals surface area contributed by atoms with Gasteiger partial charge in [-0.3, -0.25) is 0 Å². The SMILES string of the molecule is Oc1cccc2[c]cn(CC3CCOCC3)c12. The third kappa shape index (κ3) is 2.03. The summed E-state index contributed by atoms with van der Waals surface area (Å²) < 4.78 is 7.48. The van der Waals surface area contributed by atoms with Crippen LogP contribution in [0.15, 0.2) is 24.4 Å². The fourth-order valence-corrected chi connectivity index (χ4v) is 2.51. The first-order chi connectivity index (χ1) is 8.34. The second-order valence-corrected chi connectivity index (χ2v) is 4.65.